The molecule has 1 aromatic rings. The van der Waals surface area contributed by atoms with E-state index in [2.05, 4.69) is 4.99 Å². The number of nitrogens with zero attached hydrogens (tertiary/aromatic N) is 2. The third-order valence-electron chi connectivity index (χ3n) is 3.52. The first-order chi connectivity index (χ1) is 11.0. The van der Waals surface area contributed by atoms with E-state index in [-0.39, 0.29) is 12.5 Å². The smallest absolute Gasteiger partial charge is 0.338 e. The zero-order valence-electron chi connectivity index (χ0n) is 13.7. The van der Waals surface area contributed by atoms with E-state index in [1.807, 2.05) is 36.6 Å². The summed E-state index contributed by atoms with van der Waals surface area (Å²) in [5.74, 6) is -0.602. The molecule has 1 heterocycles. The predicted molar refractivity (Wildman–Crippen MR) is 92.0 cm³/mol. The van der Waals surface area contributed by atoms with Gasteiger partial charge in [-0.05, 0) is 25.7 Å². The second kappa shape index (κ2) is 7.46. The fourth-order valence-electron chi connectivity index (χ4n) is 2.57. The predicted octanol–water partition coefficient (Wildman–Crippen LogP) is 3.15. The van der Waals surface area contributed by atoms with Crippen molar-refractivity contribution >= 4 is 28.8 Å². The molecule has 0 saturated heterocycles. The maximum atomic E-state index is 12.5. The van der Waals surface area contributed by atoms with Crippen molar-refractivity contribution in [3.8, 4) is 0 Å². The Morgan fingerprint density at radius 1 is 1.30 bits per heavy atom. The van der Waals surface area contributed by atoms with Crippen molar-refractivity contribution in [1.82, 2.24) is 4.90 Å². The average Bonchev–Trinajstić information content (AvgIpc) is 2.54. The van der Waals surface area contributed by atoms with Gasteiger partial charge in [-0.1, -0.05) is 42.1 Å². The van der Waals surface area contributed by atoms with Gasteiger partial charge in [0, 0.05) is 6.92 Å². The highest BCUT2D eigenvalue weighted by atomic mass is 32.2. The summed E-state index contributed by atoms with van der Waals surface area (Å²) < 4.78 is 5.19. The molecule has 0 bridgehead atoms. The number of ether oxygens (including phenoxy) is 1. The Morgan fingerprint density at radius 3 is 2.48 bits per heavy atom. The van der Waals surface area contributed by atoms with Crippen molar-refractivity contribution in [1.29, 1.82) is 0 Å². The summed E-state index contributed by atoms with van der Waals surface area (Å²) in [5.41, 5.74) is 1.84. The Morgan fingerprint density at radius 2 is 1.96 bits per heavy atom. The van der Waals surface area contributed by atoms with Crippen LogP contribution in [0.15, 0.2) is 46.6 Å². The summed E-state index contributed by atoms with van der Waals surface area (Å²) in [7, 11) is 0. The van der Waals surface area contributed by atoms with E-state index in [0.717, 1.165) is 5.56 Å². The van der Waals surface area contributed by atoms with E-state index in [0.29, 0.717) is 16.4 Å². The van der Waals surface area contributed by atoms with Gasteiger partial charge >= 0.3 is 5.97 Å². The van der Waals surface area contributed by atoms with Crippen LogP contribution in [-0.2, 0) is 14.3 Å². The van der Waals surface area contributed by atoms with E-state index < -0.39 is 12.0 Å². The lowest BCUT2D eigenvalue weighted by Crippen LogP contribution is -2.42. The largest absolute Gasteiger partial charge is 0.463 e. The maximum Gasteiger partial charge on any atom is 0.338 e. The summed E-state index contributed by atoms with van der Waals surface area (Å²) in [4.78, 5) is 30.7. The molecule has 0 aliphatic carbocycles. The molecule has 1 amide bonds. The highest BCUT2D eigenvalue weighted by molar-refractivity contribution is 8.13. The number of benzene rings is 1. The molecule has 2 rings (SSSR count). The van der Waals surface area contributed by atoms with E-state index in [1.54, 1.807) is 18.7 Å². The van der Waals surface area contributed by atoms with Crippen molar-refractivity contribution in [2.45, 2.75) is 26.8 Å². The highest BCUT2D eigenvalue weighted by Gasteiger charge is 2.38. The first-order valence-corrected chi connectivity index (χ1v) is 8.59. The van der Waals surface area contributed by atoms with Crippen LogP contribution < -0.4 is 0 Å². The molecule has 0 fully saturated rings. The maximum absolute atomic E-state index is 12.5. The molecule has 23 heavy (non-hydrogen) atoms. The number of aliphatic imine (C=N–C) groups is 1. The number of esters is 1. The van der Waals surface area contributed by atoms with E-state index in [1.165, 1.54) is 18.7 Å². The fourth-order valence-corrected chi connectivity index (χ4v) is 3.23. The first-order valence-electron chi connectivity index (χ1n) is 7.36. The Bertz CT molecular complexity index is 668. The second-order valence-electron chi connectivity index (χ2n) is 5.02. The number of amidine groups is 1. The zero-order valence-corrected chi connectivity index (χ0v) is 14.5. The van der Waals surface area contributed by atoms with Crippen molar-refractivity contribution in [2.75, 3.05) is 12.9 Å². The lowest BCUT2D eigenvalue weighted by atomic mass is 9.94. The summed E-state index contributed by atoms with van der Waals surface area (Å²) in [6, 6.07) is 8.95. The monoisotopic (exact) mass is 332 g/mol. The van der Waals surface area contributed by atoms with Gasteiger partial charge in [-0.2, -0.15) is 0 Å². The molecule has 5 nitrogen and oxygen atoms in total. The molecule has 0 saturated carbocycles. The topological polar surface area (TPSA) is 59.0 Å². The normalized spacial score (nSPS) is 17.8. The van der Waals surface area contributed by atoms with Gasteiger partial charge in [0.05, 0.1) is 23.9 Å². The lowest BCUT2D eigenvalue weighted by Gasteiger charge is -2.35. The number of allylic oxidation sites excluding steroid dienone is 1. The lowest BCUT2D eigenvalue weighted by molar-refractivity contribution is -0.139. The van der Waals surface area contributed by atoms with Crippen LogP contribution in [0.4, 0.5) is 0 Å². The van der Waals surface area contributed by atoms with Crippen LogP contribution in [0, 0.1) is 0 Å². The van der Waals surface area contributed by atoms with Gasteiger partial charge in [-0.3, -0.25) is 9.69 Å². The second-order valence-corrected chi connectivity index (χ2v) is 5.79. The van der Waals surface area contributed by atoms with Crippen molar-refractivity contribution in [2.24, 2.45) is 4.99 Å². The van der Waals surface area contributed by atoms with Gasteiger partial charge in [-0.15, -0.1) is 0 Å². The van der Waals surface area contributed by atoms with Gasteiger partial charge < -0.3 is 4.74 Å². The molecule has 1 atom stereocenters. The summed E-state index contributed by atoms with van der Waals surface area (Å²) in [6.45, 7) is 5.28. The summed E-state index contributed by atoms with van der Waals surface area (Å²) in [6.07, 6.45) is 1.86. The number of hydrogen-bond acceptors (Lipinski definition) is 5. The van der Waals surface area contributed by atoms with Gasteiger partial charge in [0.2, 0.25) is 5.91 Å². The quantitative estimate of drug-likeness (QED) is 0.798. The molecule has 1 aromatic carbocycles. The van der Waals surface area contributed by atoms with Crippen LogP contribution >= 0.6 is 11.8 Å². The van der Waals surface area contributed by atoms with Gasteiger partial charge in [0.15, 0.2) is 5.17 Å². The SMILES string of the molecule is CCOC(=O)C1=C(C)N=C(SC)N(C(C)=O)[C@@H]1c1ccccc1. The van der Waals surface area contributed by atoms with Gasteiger partial charge in [0.1, 0.15) is 0 Å². The molecule has 1 aliphatic rings. The molecule has 0 radical (unpaired) electrons. The fraction of sp³-hybridized carbons (Fsp3) is 0.353. The summed E-state index contributed by atoms with van der Waals surface area (Å²) >= 11 is 1.38. The number of rotatable bonds is 3. The van der Waals surface area contributed by atoms with Crippen molar-refractivity contribution < 1.29 is 14.3 Å². The number of hydrogen-bond donors (Lipinski definition) is 0. The molecular weight excluding hydrogens is 312 g/mol. The number of amides is 1. The minimum absolute atomic E-state index is 0.166. The average molecular weight is 332 g/mol. The van der Waals surface area contributed by atoms with Crippen LogP contribution in [-0.4, -0.2) is 34.8 Å². The van der Waals surface area contributed by atoms with Gasteiger partial charge in [0.25, 0.3) is 0 Å². The van der Waals surface area contributed by atoms with Crippen LogP contribution in [0.1, 0.15) is 32.4 Å². The highest BCUT2D eigenvalue weighted by Crippen LogP contribution is 2.37. The standard InChI is InChI=1S/C17H20N2O3S/c1-5-22-16(21)14-11(2)18-17(23-4)19(12(3)20)15(14)13-9-7-6-8-10-13/h6-10,15H,5H2,1-4H3/t15-/m1/s1. The number of thioether (sulfide) groups is 1. The molecule has 0 unspecified atom stereocenters. The van der Waals surface area contributed by atoms with E-state index >= 15 is 0 Å². The molecule has 0 N–H and O–H groups in total. The molecule has 0 spiro atoms. The molecule has 0 aromatic heterocycles. The number of carbonyl (C=O) groups excluding carboxylic acids is 2. The van der Waals surface area contributed by atoms with Crippen molar-refractivity contribution in [3.05, 3.63) is 47.2 Å². The van der Waals surface area contributed by atoms with Crippen LogP contribution in [0.5, 0.6) is 0 Å². The first kappa shape index (κ1) is 17.3. The Hall–Kier alpha value is -2.08. The Labute approximate surface area is 140 Å². The van der Waals surface area contributed by atoms with Gasteiger partial charge in [-0.25, -0.2) is 9.79 Å². The van der Waals surface area contributed by atoms with Crippen LogP contribution in [0.25, 0.3) is 0 Å². The molecular formula is C17H20N2O3S. The van der Waals surface area contributed by atoms with Crippen LogP contribution in [0.3, 0.4) is 0 Å². The third-order valence-corrected chi connectivity index (χ3v) is 4.18. The van der Waals surface area contributed by atoms with E-state index in [9.17, 15) is 9.59 Å². The van der Waals surface area contributed by atoms with E-state index in [4.69, 9.17) is 4.74 Å². The Balaban J connectivity index is 2.64. The minimum Gasteiger partial charge on any atom is -0.463 e. The van der Waals surface area contributed by atoms with Crippen molar-refractivity contribution in [3.63, 3.8) is 0 Å². The minimum atomic E-state index is -0.521. The molecule has 122 valence electrons. The Kier molecular flexibility index (Phi) is 5.60. The third kappa shape index (κ3) is 3.47. The number of carbonyl (C=O) groups is 2. The summed E-state index contributed by atoms with van der Waals surface area (Å²) in [5, 5.41) is 0.580. The van der Waals surface area contributed by atoms with Crippen LogP contribution in [0.2, 0.25) is 0 Å². The molecule has 1 aliphatic heterocycles. The molecule has 6 heteroatoms. The zero-order chi connectivity index (χ0) is 17.0.